The second kappa shape index (κ2) is 7.49. The zero-order valence-corrected chi connectivity index (χ0v) is 14.3. The Morgan fingerprint density at radius 1 is 0.960 bits per heavy atom. The molecule has 3 rings (SSSR count). The summed E-state index contributed by atoms with van der Waals surface area (Å²) < 4.78 is 0. The molecule has 0 saturated carbocycles. The monoisotopic (exact) mass is 356 g/mol. The van der Waals surface area contributed by atoms with Crippen molar-refractivity contribution in [2.75, 3.05) is 0 Å². The highest BCUT2D eigenvalue weighted by Crippen LogP contribution is 2.23. The van der Waals surface area contributed by atoms with Gasteiger partial charge in [-0.15, -0.1) is 0 Å². The van der Waals surface area contributed by atoms with Crippen LogP contribution in [0.5, 0.6) is 0 Å². The minimum Gasteiger partial charge on any atom is -0.273 e. The van der Waals surface area contributed by atoms with Gasteiger partial charge in [0.05, 0.1) is 17.1 Å². The van der Waals surface area contributed by atoms with E-state index in [0.29, 0.717) is 6.42 Å². The fraction of sp³-hybridized carbons (Fsp3) is 0.211. The average Bonchev–Trinajstić information content (AvgIpc) is 2.61. The Kier molecular flexibility index (Phi) is 5.14. The molecule has 0 aliphatic carbocycles. The van der Waals surface area contributed by atoms with Crippen molar-refractivity contribution >= 4 is 29.3 Å². The maximum Gasteiger partial charge on any atom is 0.274 e. The Morgan fingerprint density at radius 3 is 2.20 bits per heavy atom. The summed E-state index contributed by atoms with van der Waals surface area (Å²) in [5, 5.41) is 2.45. The molecule has 0 N–H and O–H groups in total. The molecule has 1 aliphatic rings. The fourth-order valence-corrected chi connectivity index (χ4v) is 2.99. The molecular formula is C19H17ClN2O3. The number of hydrogen-bond donors (Lipinski definition) is 0. The Morgan fingerprint density at radius 2 is 1.56 bits per heavy atom. The van der Waals surface area contributed by atoms with Gasteiger partial charge >= 0.3 is 0 Å². The van der Waals surface area contributed by atoms with Crippen molar-refractivity contribution in [1.29, 1.82) is 0 Å². The van der Waals surface area contributed by atoms with Crippen LogP contribution in [0.3, 0.4) is 0 Å². The molecule has 3 amide bonds. The summed E-state index contributed by atoms with van der Waals surface area (Å²) in [4.78, 5) is 37.7. The van der Waals surface area contributed by atoms with Crippen molar-refractivity contribution in [3.63, 3.8) is 0 Å². The Balaban J connectivity index is 1.99. The Labute approximate surface area is 150 Å². The van der Waals surface area contributed by atoms with Gasteiger partial charge in [0.2, 0.25) is 11.8 Å². The van der Waals surface area contributed by atoms with Crippen LogP contribution in [-0.2, 0) is 16.1 Å². The molecule has 0 aromatic heterocycles. The third-order valence-electron chi connectivity index (χ3n) is 4.01. The lowest BCUT2D eigenvalue weighted by molar-refractivity contribution is -0.164. The van der Waals surface area contributed by atoms with Crippen LogP contribution < -0.4 is 0 Å². The first kappa shape index (κ1) is 17.2. The maximum absolute atomic E-state index is 13.1. The number of piperidine rings is 1. The van der Waals surface area contributed by atoms with Crippen molar-refractivity contribution in [3.8, 4) is 0 Å². The van der Waals surface area contributed by atoms with Gasteiger partial charge < -0.3 is 0 Å². The molecule has 25 heavy (non-hydrogen) atoms. The molecule has 0 spiro atoms. The van der Waals surface area contributed by atoms with E-state index in [1.807, 2.05) is 30.3 Å². The number of nitrogens with zero attached hydrogens (tertiary/aromatic N) is 2. The lowest BCUT2D eigenvalue weighted by Gasteiger charge is -2.35. The maximum atomic E-state index is 13.1. The standard InChI is InChI=1S/C19H17ClN2O3/c20-16-10-5-4-9-15(16)19(25)21(13-14-7-2-1-3-8-14)22-17(23)11-6-12-18(22)24/h1-5,7-10H,6,11-13H2. The molecule has 1 fully saturated rings. The lowest BCUT2D eigenvalue weighted by Crippen LogP contribution is -2.54. The molecule has 0 atom stereocenters. The van der Waals surface area contributed by atoms with Crippen molar-refractivity contribution in [3.05, 3.63) is 70.7 Å². The molecular weight excluding hydrogens is 340 g/mol. The van der Waals surface area contributed by atoms with Crippen molar-refractivity contribution in [2.24, 2.45) is 0 Å². The molecule has 0 radical (unpaired) electrons. The zero-order valence-electron chi connectivity index (χ0n) is 13.5. The van der Waals surface area contributed by atoms with Gasteiger partial charge in [-0.2, -0.15) is 5.01 Å². The number of amides is 3. The summed E-state index contributed by atoms with van der Waals surface area (Å²) in [5.41, 5.74) is 1.07. The number of benzene rings is 2. The van der Waals surface area contributed by atoms with E-state index >= 15 is 0 Å². The van der Waals surface area contributed by atoms with Gasteiger partial charge in [0.1, 0.15) is 0 Å². The van der Waals surface area contributed by atoms with E-state index in [1.165, 1.54) is 5.01 Å². The van der Waals surface area contributed by atoms with E-state index in [-0.39, 0.29) is 41.8 Å². The van der Waals surface area contributed by atoms with Gasteiger partial charge in [0, 0.05) is 12.8 Å². The Bertz CT molecular complexity index is 791. The molecule has 5 nitrogen and oxygen atoms in total. The third-order valence-corrected chi connectivity index (χ3v) is 4.34. The molecule has 2 aromatic rings. The van der Waals surface area contributed by atoms with Crippen LogP contribution in [-0.4, -0.2) is 27.7 Å². The van der Waals surface area contributed by atoms with Crippen LogP contribution >= 0.6 is 11.6 Å². The van der Waals surface area contributed by atoms with Crippen molar-refractivity contribution in [2.45, 2.75) is 25.8 Å². The van der Waals surface area contributed by atoms with E-state index in [4.69, 9.17) is 11.6 Å². The summed E-state index contributed by atoms with van der Waals surface area (Å²) in [5.74, 6) is -1.21. The van der Waals surface area contributed by atoms with Gasteiger partial charge in [-0.3, -0.25) is 14.4 Å². The number of halogens is 1. The SMILES string of the molecule is O=C(c1ccccc1Cl)N(Cc1ccccc1)N1C(=O)CCCC1=O. The number of rotatable bonds is 4. The summed E-state index contributed by atoms with van der Waals surface area (Å²) >= 11 is 6.14. The first-order valence-electron chi connectivity index (χ1n) is 8.04. The normalized spacial score (nSPS) is 14.5. The molecule has 6 heteroatoms. The van der Waals surface area contributed by atoms with E-state index in [0.717, 1.165) is 10.6 Å². The molecule has 2 aromatic carbocycles. The highest BCUT2D eigenvalue weighted by molar-refractivity contribution is 6.33. The highest BCUT2D eigenvalue weighted by Gasteiger charge is 2.35. The largest absolute Gasteiger partial charge is 0.274 e. The average molecular weight is 357 g/mol. The van der Waals surface area contributed by atoms with Gasteiger partial charge in [-0.25, -0.2) is 5.01 Å². The topological polar surface area (TPSA) is 57.7 Å². The second-order valence-corrected chi connectivity index (χ2v) is 6.19. The molecule has 1 aliphatic heterocycles. The number of carbonyl (C=O) groups excluding carboxylic acids is 3. The van der Waals surface area contributed by atoms with Gasteiger partial charge in [0.15, 0.2) is 0 Å². The van der Waals surface area contributed by atoms with Gasteiger partial charge in [0.25, 0.3) is 5.91 Å². The predicted octanol–water partition coefficient (Wildman–Crippen LogP) is 3.44. The molecule has 0 bridgehead atoms. The van der Waals surface area contributed by atoms with Crippen LogP contribution in [0.1, 0.15) is 35.2 Å². The van der Waals surface area contributed by atoms with Gasteiger partial charge in [-0.1, -0.05) is 54.1 Å². The van der Waals surface area contributed by atoms with Crippen LogP contribution in [0.15, 0.2) is 54.6 Å². The summed E-state index contributed by atoms with van der Waals surface area (Å²) in [6.45, 7) is 0.113. The van der Waals surface area contributed by atoms with Crippen molar-refractivity contribution < 1.29 is 14.4 Å². The van der Waals surface area contributed by atoms with Crippen LogP contribution in [0.25, 0.3) is 0 Å². The minimum atomic E-state index is -0.474. The predicted molar refractivity (Wildman–Crippen MR) is 93.5 cm³/mol. The third kappa shape index (κ3) is 3.72. The molecule has 1 heterocycles. The first-order valence-corrected chi connectivity index (χ1v) is 8.42. The number of hydrogen-bond acceptors (Lipinski definition) is 3. The van der Waals surface area contributed by atoms with Crippen molar-refractivity contribution in [1.82, 2.24) is 10.0 Å². The zero-order chi connectivity index (χ0) is 17.8. The highest BCUT2D eigenvalue weighted by atomic mass is 35.5. The number of imide groups is 1. The molecule has 1 saturated heterocycles. The Hall–Kier alpha value is -2.66. The van der Waals surface area contributed by atoms with Gasteiger partial charge in [-0.05, 0) is 24.1 Å². The first-order chi connectivity index (χ1) is 12.1. The summed E-state index contributed by atoms with van der Waals surface area (Å²) in [7, 11) is 0. The minimum absolute atomic E-state index is 0.113. The quantitative estimate of drug-likeness (QED) is 0.788. The number of carbonyl (C=O) groups is 3. The fourth-order valence-electron chi connectivity index (χ4n) is 2.77. The van der Waals surface area contributed by atoms with Crippen LogP contribution in [0.2, 0.25) is 5.02 Å². The summed E-state index contributed by atoms with van der Waals surface area (Å²) in [6, 6.07) is 15.8. The lowest BCUT2D eigenvalue weighted by atomic mass is 10.1. The van der Waals surface area contributed by atoms with E-state index in [9.17, 15) is 14.4 Å². The van der Waals surface area contributed by atoms with E-state index in [2.05, 4.69) is 0 Å². The van der Waals surface area contributed by atoms with E-state index in [1.54, 1.807) is 24.3 Å². The van der Waals surface area contributed by atoms with Crippen LogP contribution in [0, 0.1) is 0 Å². The second-order valence-electron chi connectivity index (χ2n) is 5.78. The van der Waals surface area contributed by atoms with Crippen LogP contribution in [0.4, 0.5) is 0 Å². The molecule has 0 unspecified atom stereocenters. The molecule has 128 valence electrons. The summed E-state index contributed by atoms with van der Waals surface area (Å²) in [6.07, 6.45) is 0.993. The van der Waals surface area contributed by atoms with E-state index < -0.39 is 5.91 Å². The number of hydrazine groups is 1. The smallest absolute Gasteiger partial charge is 0.273 e.